The van der Waals surface area contributed by atoms with Crippen molar-refractivity contribution in [3.05, 3.63) is 47.0 Å². The molecule has 2 rings (SSSR count). The molecule has 1 heterocycles. The van der Waals surface area contributed by atoms with E-state index in [2.05, 4.69) is 20.8 Å². The number of hydrogen-bond donors (Lipinski definition) is 2. The standard InChI is InChI=1S/C14H15ClN4O2/c1-21-9-8-16-12-6-7-13(19-18-12)17-14(20)10-4-2-3-5-11(10)15/h2-7H,8-9H2,1H3,(H,16,18)(H,17,19,20). The quantitative estimate of drug-likeness (QED) is 0.802. The second-order valence-corrected chi connectivity index (χ2v) is 4.56. The summed E-state index contributed by atoms with van der Waals surface area (Å²) in [5.74, 6) is 0.648. The van der Waals surface area contributed by atoms with Crippen LogP contribution in [0.5, 0.6) is 0 Å². The van der Waals surface area contributed by atoms with Crippen molar-refractivity contribution in [2.45, 2.75) is 0 Å². The minimum absolute atomic E-state index is 0.324. The first-order valence-electron chi connectivity index (χ1n) is 6.33. The molecule has 0 atom stereocenters. The molecule has 0 fully saturated rings. The number of nitrogens with one attached hydrogen (secondary N) is 2. The number of rotatable bonds is 6. The van der Waals surface area contributed by atoms with E-state index in [0.29, 0.717) is 35.4 Å². The second-order valence-electron chi connectivity index (χ2n) is 4.16. The number of hydrogen-bond acceptors (Lipinski definition) is 5. The average molecular weight is 307 g/mol. The highest BCUT2D eigenvalue weighted by Gasteiger charge is 2.10. The first-order valence-corrected chi connectivity index (χ1v) is 6.71. The van der Waals surface area contributed by atoms with Crippen molar-refractivity contribution in [3.8, 4) is 0 Å². The van der Waals surface area contributed by atoms with E-state index in [1.165, 1.54) is 0 Å². The first-order chi connectivity index (χ1) is 10.2. The molecule has 21 heavy (non-hydrogen) atoms. The van der Waals surface area contributed by atoms with Crippen LogP contribution in [0.2, 0.25) is 5.02 Å². The highest BCUT2D eigenvalue weighted by atomic mass is 35.5. The summed E-state index contributed by atoms with van der Waals surface area (Å²) in [6.07, 6.45) is 0. The average Bonchev–Trinajstić information content (AvgIpc) is 2.49. The number of carbonyl (C=O) groups is 1. The van der Waals surface area contributed by atoms with Crippen LogP contribution in [-0.2, 0) is 4.74 Å². The van der Waals surface area contributed by atoms with Crippen LogP contribution in [0.3, 0.4) is 0 Å². The van der Waals surface area contributed by atoms with E-state index in [4.69, 9.17) is 16.3 Å². The van der Waals surface area contributed by atoms with Gasteiger partial charge in [0, 0.05) is 13.7 Å². The topological polar surface area (TPSA) is 76.1 Å². The molecule has 0 aliphatic heterocycles. The molecule has 0 spiro atoms. The minimum atomic E-state index is -0.324. The first kappa shape index (κ1) is 15.2. The Balaban J connectivity index is 1.97. The molecule has 0 saturated heterocycles. The lowest BCUT2D eigenvalue weighted by molar-refractivity contribution is 0.102. The van der Waals surface area contributed by atoms with E-state index in [0.717, 1.165) is 0 Å². The Morgan fingerprint density at radius 3 is 2.57 bits per heavy atom. The number of methoxy groups -OCH3 is 1. The zero-order valence-electron chi connectivity index (χ0n) is 11.5. The Labute approximate surface area is 127 Å². The maximum atomic E-state index is 12.0. The van der Waals surface area contributed by atoms with E-state index in [9.17, 15) is 4.79 Å². The fraction of sp³-hybridized carbons (Fsp3) is 0.214. The van der Waals surface area contributed by atoms with Crippen molar-refractivity contribution in [2.24, 2.45) is 0 Å². The van der Waals surface area contributed by atoms with E-state index < -0.39 is 0 Å². The molecular weight excluding hydrogens is 292 g/mol. The lowest BCUT2D eigenvalue weighted by Crippen LogP contribution is -2.14. The van der Waals surface area contributed by atoms with Gasteiger partial charge in [-0.2, -0.15) is 0 Å². The fourth-order valence-corrected chi connectivity index (χ4v) is 1.82. The molecule has 0 saturated carbocycles. The lowest BCUT2D eigenvalue weighted by Gasteiger charge is -2.07. The molecule has 1 aromatic heterocycles. The lowest BCUT2D eigenvalue weighted by atomic mass is 10.2. The predicted molar refractivity (Wildman–Crippen MR) is 81.8 cm³/mol. The molecular formula is C14H15ClN4O2. The van der Waals surface area contributed by atoms with Crippen LogP contribution in [-0.4, -0.2) is 36.4 Å². The van der Waals surface area contributed by atoms with Crippen LogP contribution < -0.4 is 10.6 Å². The Kier molecular flexibility index (Phi) is 5.48. The fourth-order valence-electron chi connectivity index (χ4n) is 1.60. The van der Waals surface area contributed by atoms with Gasteiger partial charge < -0.3 is 15.4 Å². The highest BCUT2D eigenvalue weighted by Crippen LogP contribution is 2.16. The molecule has 0 radical (unpaired) electrons. The van der Waals surface area contributed by atoms with Crippen LogP contribution >= 0.6 is 11.6 Å². The molecule has 0 aliphatic rings. The molecule has 1 amide bonds. The molecule has 110 valence electrons. The third-order valence-electron chi connectivity index (χ3n) is 2.64. The number of ether oxygens (including phenoxy) is 1. The summed E-state index contributed by atoms with van der Waals surface area (Å²) in [6, 6.07) is 10.2. The maximum absolute atomic E-state index is 12.0. The summed E-state index contributed by atoms with van der Waals surface area (Å²) < 4.78 is 4.92. The molecule has 7 heteroatoms. The minimum Gasteiger partial charge on any atom is -0.383 e. The molecule has 0 aliphatic carbocycles. The van der Waals surface area contributed by atoms with Crippen molar-refractivity contribution in [1.82, 2.24) is 10.2 Å². The highest BCUT2D eigenvalue weighted by molar-refractivity contribution is 6.34. The van der Waals surface area contributed by atoms with Crippen LogP contribution in [0, 0.1) is 0 Å². The molecule has 0 bridgehead atoms. The van der Waals surface area contributed by atoms with Gasteiger partial charge in [-0.25, -0.2) is 0 Å². The summed E-state index contributed by atoms with van der Waals surface area (Å²) in [6.45, 7) is 1.21. The summed E-state index contributed by atoms with van der Waals surface area (Å²) in [4.78, 5) is 12.0. The van der Waals surface area contributed by atoms with Crippen molar-refractivity contribution in [1.29, 1.82) is 0 Å². The van der Waals surface area contributed by atoms with E-state index >= 15 is 0 Å². The largest absolute Gasteiger partial charge is 0.383 e. The van der Waals surface area contributed by atoms with Gasteiger partial charge in [0.1, 0.15) is 5.82 Å². The monoisotopic (exact) mass is 306 g/mol. The number of carbonyl (C=O) groups excluding carboxylic acids is 1. The maximum Gasteiger partial charge on any atom is 0.258 e. The van der Waals surface area contributed by atoms with E-state index in [1.807, 2.05) is 0 Å². The number of halogens is 1. The van der Waals surface area contributed by atoms with Crippen LogP contribution in [0.1, 0.15) is 10.4 Å². The van der Waals surface area contributed by atoms with Gasteiger partial charge in [-0.15, -0.1) is 10.2 Å². The third-order valence-corrected chi connectivity index (χ3v) is 2.97. The predicted octanol–water partition coefficient (Wildman–Crippen LogP) is 2.44. The third kappa shape index (κ3) is 4.40. The van der Waals surface area contributed by atoms with Gasteiger partial charge in [0.05, 0.1) is 17.2 Å². The van der Waals surface area contributed by atoms with Crippen molar-refractivity contribution in [2.75, 3.05) is 30.9 Å². The molecule has 2 aromatic rings. The second kappa shape index (κ2) is 7.56. The number of nitrogens with zero attached hydrogens (tertiary/aromatic N) is 2. The van der Waals surface area contributed by atoms with Crippen LogP contribution in [0.15, 0.2) is 36.4 Å². The Morgan fingerprint density at radius 2 is 1.90 bits per heavy atom. The van der Waals surface area contributed by atoms with Crippen molar-refractivity contribution in [3.63, 3.8) is 0 Å². The molecule has 6 nitrogen and oxygen atoms in total. The Hall–Kier alpha value is -2.18. The summed E-state index contributed by atoms with van der Waals surface area (Å²) in [7, 11) is 1.63. The van der Waals surface area contributed by atoms with E-state index in [1.54, 1.807) is 43.5 Å². The van der Waals surface area contributed by atoms with Crippen molar-refractivity contribution < 1.29 is 9.53 Å². The molecule has 2 N–H and O–H groups in total. The number of anilines is 2. The molecule has 1 aromatic carbocycles. The normalized spacial score (nSPS) is 10.2. The Morgan fingerprint density at radius 1 is 1.19 bits per heavy atom. The number of benzene rings is 1. The van der Waals surface area contributed by atoms with Crippen LogP contribution in [0.25, 0.3) is 0 Å². The zero-order valence-corrected chi connectivity index (χ0v) is 12.2. The van der Waals surface area contributed by atoms with Gasteiger partial charge in [0.2, 0.25) is 0 Å². The number of aromatic nitrogens is 2. The summed E-state index contributed by atoms with van der Waals surface area (Å²) in [5.41, 5.74) is 0.392. The number of amides is 1. The van der Waals surface area contributed by atoms with Gasteiger partial charge in [-0.05, 0) is 24.3 Å². The van der Waals surface area contributed by atoms with Gasteiger partial charge in [-0.3, -0.25) is 4.79 Å². The smallest absolute Gasteiger partial charge is 0.258 e. The zero-order chi connectivity index (χ0) is 15.1. The summed E-state index contributed by atoms with van der Waals surface area (Å²) in [5, 5.41) is 13.9. The Bertz CT molecular complexity index is 604. The van der Waals surface area contributed by atoms with Gasteiger partial charge >= 0.3 is 0 Å². The van der Waals surface area contributed by atoms with Gasteiger partial charge in [0.25, 0.3) is 5.91 Å². The van der Waals surface area contributed by atoms with Gasteiger partial charge in [-0.1, -0.05) is 23.7 Å². The van der Waals surface area contributed by atoms with Crippen LogP contribution in [0.4, 0.5) is 11.6 Å². The van der Waals surface area contributed by atoms with E-state index in [-0.39, 0.29) is 5.91 Å². The summed E-state index contributed by atoms with van der Waals surface area (Å²) >= 11 is 5.96. The molecule has 0 unspecified atom stereocenters. The SMILES string of the molecule is COCCNc1ccc(NC(=O)c2ccccc2Cl)nn1. The van der Waals surface area contributed by atoms with Gasteiger partial charge in [0.15, 0.2) is 5.82 Å². The van der Waals surface area contributed by atoms with Crippen molar-refractivity contribution >= 4 is 29.1 Å².